The van der Waals surface area contributed by atoms with Crippen LogP contribution >= 0.6 is 0 Å². The Morgan fingerprint density at radius 2 is 2.12 bits per heavy atom. The number of halogens is 1. The highest BCUT2D eigenvalue weighted by Crippen LogP contribution is 2.16. The van der Waals surface area contributed by atoms with Gasteiger partial charge in [-0.3, -0.25) is 14.7 Å². The molecule has 1 heterocycles. The van der Waals surface area contributed by atoms with Crippen LogP contribution in [0.2, 0.25) is 0 Å². The number of hydrogen-bond donors (Lipinski definition) is 2. The van der Waals surface area contributed by atoms with Crippen molar-refractivity contribution in [3.8, 4) is 0 Å². The smallest absolute Gasteiger partial charge is 0.224 e. The van der Waals surface area contributed by atoms with Gasteiger partial charge in [-0.1, -0.05) is 6.07 Å². The predicted octanol–water partition coefficient (Wildman–Crippen LogP) is 2.28. The Labute approximate surface area is 140 Å². The molecule has 2 rings (SSSR count). The van der Waals surface area contributed by atoms with Gasteiger partial charge < -0.3 is 10.2 Å². The topological polar surface area (TPSA) is 78.1 Å². The second-order valence-corrected chi connectivity index (χ2v) is 5.70. The van der Waals surface area contributed by atoms with Gasteiger partial charge in [0, 0.05) is 32.6 Å². The number of hydrogen-bond acceptors (Lipinski definition) is 3. The normalized spacial score (nSPS) is 10.5. The molecule has 0 saturated heterocycles. The summed E-state index contributed by atoms with van der Waals surface area (Å²) in [4.78, 5) is 25.5. The van der Waals surface area contributed by atoms with Gasteiger partial charge in [0.2, 0.25) is 11.8 Å². The number of benzene rings is 1. The Morgan fingerprint density at radius 1 is 1.33 bits per heavy atom. The van der Waals surface area contributed by atoms with Gasteiger partial charge in [-0.15, -0.1) is 0 Å². The Kier molecular flexibility index (Phi) is 6.06. The molecule has 128 valence electrons. The lowest BCUT2D eigenvalue weighted by Gasteiger charge is -2.16. The molecule has 6 nitrogen and oxygen atoms in total. The number of nitrogens with zero attached hydrogens (tertiary/aromatic N) is 2. The monoisotopic (exact) mass is 332 g/mol. The number of likely N-dealkylation sites (N-methyl/N-ethyl adjacent to an activating group) is 1. The third-order valence-corrected chi connectivity index (χ3v) is 3.68. The minimum absolute atomic E-state index is 0.0161. The van der Waals surface area contributed by atoms with E-state index in [4.69, 9.17) is 0 Å². The molecule has 0 saturated carbocycles. The highest BCUT2D eigenvalue weighted by atomic mass is 19.1. The van der Waals surface area contributed by atoms with Crippen molar-refractivity contribution in [1.29, 1.82) is 0 Å². The van der Waals surface area contributed by atoms with Crippen molar-refractivity contribution >= 4 is 17.5 Å². The molecule has 2 aromatic rings. The fourth-order valence-electron chi connectivity index (χ4n) is 2.19. The second kappa shape index (κ2) is 8.24. The van der Waals surface area contributed by atoms with E-state index < -0.39 is 5.82 Å². The van der Waals surface area contributed by atoms with E-state index in [0.717, 1.165) is 11.1 Å². The zero-order valence-electron chi connectivity index (χ0n) is 13.8. The number of anilines is 1. The lowest BCUT2D eigenvalue weighted by atomic mass is 10.2. The maximum atomic E-state index is 13.6. The van der Waals surface area contributed by atoms with Crippen molar-refractivity contribution in [2.75, 3.05) is 18.9 Å². The first-order valence-electron chi connectivity index (χ1n) is 7.73. The average molecular weight is 332 g/mol. The first-order chi connectivity index (χ1) is 11.5. The summed E-state index contributed by atoms with van der Waals surface area (Å²) < 4.78 is 13.6. The molecule has 1 aromatic carbocycles. The first kappa shape index (κ1) is 17.7. The van der Waals surface area contributed by atoms with Crippen LogP contribution in [0.5, 0.6) is 0 Å². The summed E-state index contributed by atoms with van der Waals surface area (Å²) in [7, 11) is 1.69. The summed E-state index contributed by atoms with van der Waals surface area (Å²) in [6.07, 6.45) is 4.28. The molecule has 0 fully saturated rings. The van der Waals surface area contributed by atoms with Crippen LogP contribution in [0.4, 0.5) is 10.1 Å². The van der Waals surface area contributed by atoms with Gasteiger partial charge in [0.1, 0.15) is 5.82 Å². The van der Waals surface area contributed by atoms with Crippen molar-refractivity contribution in [2.45, 2.75) is 26.2 Å². The quantitative estimate of drug-likeness (QED) is 0.816. The Bertz CT molecular complexity index is 701. The summed E-state index contributed by atoms with van der Waals surface area (Å²) >= 11 is 0. The number of aromatic amines is 1. The van der Waals surface area contributed by atoms with Crippen LogP contribution < -0.4 is 5.32 Å². The van der Waals surface area contributed by atoms with E-state index in [1.165, 1.54) is 6.07 Å². The predicted molar refractivity (Wildman–Crippen MR) is 88.9 cm³/mol. The molecule has 0 spiro atoms. The van der Waals surface area contributed by atoms with Gasteiger partial charge in [-0.25, -0.2) is 4.39 Å². The molecule has 0 radical (unpaired) electrons. The van der Waals surface area contributed by atoms with Crippen LogP contribution in [0.15, 0.2) is 30.6 Å². The fraction of sp³-hybridized carbons (Fsp3) is 0.353. The molecule has 0 aliphatic carbocycles. The molecule has 7 heteroatoms. The van der Waals surface area contributed by atoms with E-state index in [0.29, 0.717) is 13.0 Å². The number of carbonyl (C=O) groups excluding carboxylic acids is 2. The first-order valence-corrected chi connectivity index (χ1v) is 7.73. The third-order valence-electron chi connectivity index (χ3n) is 3.68. The highest BCUT2D eigenvalue weighted by molar-refractivity contribution is 5.93. The molecular weight excluding hydrogens is 311 g/mol. The van der Waals surface area contributed by atoms with Gasteiger partial charge in [0.25, 0.3) is 0 Å². The molecule has 0 unspecified atom stereocenters. The Morgan fingerprint density at radius 3 is 2.83 bits per heavy atom. The number of amides is 2. The number of aromatic nitrogens is 2. The minimum atomic E-state index is -0.488. The van der Waals surface area contributed by atoms with E-state index in [1.54, 1.807) is 36.5 Å². The van der Waals surface area contributed by atoms with Gasteiger partial charge >= 0.3 is 0 Å². The molecule has 2 N–H and O–H groups in total. The van der Waals surface area contributed by atoms with Crippen molar-refractivity contribution < 1.29 is 14.0 Å². The molecule has 0 bridgehead atoms. The summed E-state index contributed by atoms with van der Waals surface area (Å²) in [6, 6.07) is 4.50. The van der Waals surface area contributed by atoms with Gasteiger partial charge in [-0.05, 0) is 36.6 Å². The standard InChI is InChI=1S/C17H21FN4O2/c1-12-3-4-14(18)15(9-12)21-16(23)5-6-17(24)22(2)8-7-13-10-19-20-11-13/h3-4,9-11H,5-8H2,1-2H3,(H,19,20)(H,21,23). The molecule has 0 atom stereocenters. The molecule has 1 aromatic heterocycles. The molecule has 2 amide bonds. The van der Waals surface area contributed by atoms with Crippen molar-refractivity contribution in [3.05, 3.63) is 47.5 Å². The van der Waals surface area contributed by atoms with Crippen LogP contribution in [0.1, 0.15) is 24.0 Å². The third kappa shape index (κ3) is 5.19. The molecule has 0 aliphatic rings. The van der Waals surface area contributed by atoms with Crippen LogP contribution in [0.3, 0.4) is 0 Å². The summed E-state index contributed by atoms with van der Waals surface area (Å²) in [5, 5.41) is 9.07. The van der Waals surface area contributed by atoms with E-state index in [1.807, 2.05) is 6.92 Å². The highest BCUT2D eigenvalue weighted by Gasteiger charge is 2.13. The van der Waals surface area contributed by atoms with Gasteiger partial charge in [0.05, 0.1) is 11.9 Å². The number of carbonyl (C=O) groups is 2. The SMILES string of the molecule is Cc1ccc(F)c(NC(=O)CCC(=O)N(C)CCc2cn[nH]c2)c1. The van der Waals surface area contributed by atoms with Crippen LogP contribution in [0, 0.1) is 12.7 Å². The van der Waals surface area contributed by atoms with Crippen LogP contribution in [-0.4, -0.2) is 40.5 Å². The Hall–Kier alpha value is -2.70. The molecule has 24 heavy (non-hydrogen) atoms. The summed E-state index contributed by atoms with van der Waals surface area (Å²) in [5.41, 5.74) is 2.00. The van der Waals surface area contributed by atoms with E-state index in [2.05, 4.69) is 15.5 Å². The number of H-pyrrole nitrogens is 1. The van der Waals surface area contributed by atoms with Crippen molar-refractivity contribution in [2.24, 2.45) is 0 Å². The van der Waals surface area contributed by atoms with E-state index in [9.17, 15) is 14.0 Å². The maximum Gasteiger partial charge on any atom is 0.224 e. The number of nitrogens with one attached hydrogen (secondary N) is 2. The van der Waals surface area contributed by atoms with E-state index >= 15 is 0 Å². The second-order valence-electron chi connectivity index (χ2n) is 5.70. The maximum absolute atomic E-state index is 13.6. The summed E-state index contributed by atoms with van der Waals surface area (Å²) in [5.74, 6) is -0.994. The molecular formula is C17H21FN4O2. The number of aryl methyl sites for hydroxylation is 1. The van der Waals surface area contributed by atoms with Crippen LogP contribution in [0.25, 0.3) is 0 Å². The molecule has 0 aliphatic heterocycles. The lowest BCUT2D eigenvalue weighted by Crippen LogP contribution is -2.29. The largest absolute Gasteiger partial charge is 0.345 e. The average Bonchev–Trinajstić information content (AvgIpc) is 3.07. The van der Waals surface area contributed by atoms with Gasteiger partial charge in [-0.2, -0.15) is 5.10 Å². The number of rotatable bonds is 7. The lowest BCUT2D eigenvalue weighted by molar-refractivity contribution is -0.131. The van der Waals surface area contributed by atoms with Crippen molar-refractivity contribution in [1.82, 2.24) is 15.1 Å². The zero-order valence-corrected chi connectivity index (χ0v) is 13.8. The van der Waals surface area contributed by atoms with Crippen LogP contribution in [-0.2, 0) is 16.0 Å². The Balaban J connectivity index is 1.76. The fourth-order valence-corrected chi connectivity index (χ4v) is 2.19. The zero-order chi connectivity index (χ0) is 17.5. The van der Waals surface area contributed by atoms with Gasteiger partial charge in [0.15, 0.2) is 0 Å². The van der Waals surface area contributed by atoms with Crippen molar-refractivity contribution in [3.63, 3.8) is 0 Å². The minimum Gasteiger partial charge on any atom is -0.345 e. The summed E-state index contributed by atoms with van der Waals surface area (Å²) in [6.45, 7) is 2.36. The van der Waals surface area contributed by atoms with E-state index in [-0.39, 0.29) is 30.3 Å².